The van der Waals surface area contributed by atoms with E-state index < -0.39 is 222 Å². The highest BCUT2D eigenvalue weighted by molar-refractivity contribution is 8.13. The van der Waals surface area contributed by atoms with Crippen LogP contribution in [0.5, 0.6) is 0 Å². The lowest BCUT2D eigenvalue weighted by atomic mass is 9.88. The Morgan fingerprint density at radius 2 is 0.833 bits per heavy atom. The molecular formula is C86H109F10N19O22S7. The van der Waals surface area contributed by atoms with Gasteiger partial charge in [0.2, 0.25) is 62.0 Å². The first-order chi connectivity index (χ1) is 66.9. The van der Waals surface area contributed by atoms with Crippen LogP contribution in [0.2, 0.25) is 0 Å². The number of carbonyl (C=O) groups is 6. The monoisotopic (exact) mass is 2170 g/mol. The van der Waals surface area contributed by atoms with E-state index in [-0.39, 0.29) is 129 Å². The molecule has 7 heterocycles. The molecule has 5 aromatic rings. The van der Waals surface area contributed by atoms with Gasteiger partial charge in [-0.25, -0.2) is 153 Å². The number of guanidine groups is 2. The number of carbonyl (C=O) groups excluding carboxylic acids is 6. The third kappa shape index (κ3) is 26.3. The fraction of sp³-hybridized carbons (Fsp3) is 0.442. The SMILES string of the molecule is C=CCOC(=O)N1CC(S(=O)(=O)NC)C(N)(c2ccc(F)cc2F)C1.C=CCOC(=O)N1CC(S(=O)(=O)NC)C(N=C(N)SC)(c2ccc(F)cc2F)C1.C=CCOC(=O)N1CC(S(=O)(=O)NC)C(NC(N)=S)(c2ccc(F)cc2F)C1.C=CCOC(=O)N1CC2C(c3ccc(F)cc3F)(C1)N=C(NC(=O)OC(C)(C)C)N(C)S2(=O)=O.CN1C(NC(=O)OC(C)(C)C)=NC2(c3ccc(F)cc3F)CNCC2S1(=O)=O. The van der Waals surface area contributed by atoms with Gasteiger partial charge in [0.1, 0.15) is 144 Å². The second-order valence-corrected chi connectivity index (χ2v) is 46.3. The van der Waals surface area contributed by atoms with Gasteiger partial charge in [0.25, 0.3) is 0 Å². The zero-order valence-electron chi connectivity index (χ0n) is 79.5. The van der Waals surface area contributed by atoms with E-state index in [2.05, 4.69) is 76.7 Å². The Morgan fingerprint density at radius 3 is 1.22 bits per heavy atom. The number of benzene rings is 5. The molecule has 0 saturated carbocycles. The van der Waals surface area contributed by atoms with Crippen LogP contribution >= 0.6 is 24.0 Å². The molecule has 7 aliphatic heterocycles. The Labute approximate surface area is 834 Å². The van der Waals surface area contributed by atoms with Crippen molar-refractivity contribution < 1.29 is 143 Å². The summed E-state index contributed by atoms with van der Waals surface area (Å²) in [6, 6.07) is 13.6. The molecule has 5 saturated heterocycles. The quantitative estimate of drug-likeness (QED) is 0.00971. The molecule has 12 rings (SSSR count). The minimum atomic E-state index is -4.30. The summed E-state index contributed by atoms with van der Waals surface area (Å²) in [4.78, 5) is 91.2. The fourth-order valence-electron chi connectivity index (χ4n) is 16.5. The number of amidine groups is 1. The third-order valence-corrected chi connectivity index (χ3v) is 33.5. The molecule has 144 heavy (non-hydrogen) atoms. The number of halogens is 10. The molecule has 0 aromatic heterocycles. The van der Waals surface area contributed by atoms with Gasteiger partial charge in [-0.15, -0.1) is 0 Å². The van der Waals surface area contributed by atoms with Crippen LogP contribution in [-0.4, -0.2) is 300 Å². The van der Waals surface area contributed by atoms with Crippen LogP contribution in [0.4, 0.5) is 72.7 Å². The molecule has 6 amide bonds. The Kier molecular flexibility index (Phi) is 37.9. The van der Waals surface area contributed by atoms with Gasteiger partial charge in [-0.1, -0.05) is 92.7 Å². The number of sulfonamides is 5. The maximum Gasteiger partial charge on any atom is 0.414 e. The van der Waals surface area contributed by atoms with Crippen LogP contribution < -0.4 is 52.6 Å². The summed E-state index contributed by atoms with van der Waals surface area (Å²) in [6.07, 6.45) is 1.82. The average molecular weight is 2180 g/mol. The first kappa shape index (κ1) is 117. The van der Waals surface area contributed by atoms with Gasteiger partial charge in [-0.05, 0) is 111 Å². The largest absolute Gasteiger partial charge is 0.445 e. The van der Waals surface area contributed by atoms with E-state index in [0.29, 0.717) is 30.3 Å². The highest BCUT2D eigenvalue weighted by Crippen LogP contribution is 2.48. The second kappa shape index (κ2) is 46.6. The summed E-state index contributed by atoms with van der Waals surface area (Å²) >= 11 is 5.89. The van der Waals surface area contributed by atoms with E-state index in [1.165, 1.54) is 58.6 Å². The molecule has 7 aliphatic rings. The van der Waals surface area contributed by atoms with Crippen molar-refractivity contribution in [2.24, 2.45) is 32.2 Å². The van der Waals surface area contributed by atoms with E-state index in [4.69, 9.17) is 57.8 Å². The highest BCUT2D eigenvalue weighted by Gasteiger charge is 2.64. The number of hydrogen-bond donors (Lipinski definition) is 10. The highest BCUT2D eigenvalue weighted by atomic mass is 32.2. The second-order valence-electron chi connectivity index (χ2n) is 34.5. The molecule has 5 aromatic carbocycles. The predicted molar refractivity (Wildman–Crippen MR) is 515 cm³/mol. The molecular weight excluding hydrogens is 2070 g/mol. The minimum Gasteiger partial charge on any atom is -0.445 e. The Bertz CT molecular complexity index is 6460. The molecule has 41 nitrogen and oxygen atoms in total. The number of fused-ring (bicyclic) bond motifs is 2. The van der Waals surface area contributed by atoms with E-state index in [1.54, 1.807) is 47.8 Å². The number of thiocarbonyl (C=S) groups is 1. The number of hydrogen-bond acceptors (Lipinski definition) is 29. The molecule has 10 unspecified atom stereocenters. The van der Waals surface area contributed by atoms with Gasteiger partial charge >= 0.3 is 36.6 Å². The number of nitrogens with zero attached hydrogens (tertiary/aromatic N) is 9. The van der Waals surface area contributed by atoms with E-state index in [9.17, 15) is 115 Å². The number of nitrogens with two attached hydrogens (primary N) is 3. The minimum absolute atomic E-state index is 0.00673. The van der Waals surface area contributed by atoms with Crippen LogP contribution in [0.15, 0.2) is 157 Å². The number of likely N-dealkylation sites (tertiary alicyclic amines) is 4. The van der Waals surface area contributed by atoms with Gasteiger partial charge in [-0.3, -0.25) is 10.6 Å². The molecule has 0 radical (unpaired) electrons. The van der Waals surface area contributed by atoms with Crippen molar-refractivity contribution in [3.63, 3.8) is 0 Å². The summed E-state index contributed by atoms with van der Waals surface area (Å²) in [5.41, 5.74) is 6.29. The van der Waals surface area contributed by atoms with Gasteiger partial charge in [-0.2, -0.15) is 0 Å². The number of aliphatic imine (C=N–C) groups is 3. The van der Waals surface area contributed by atoms with Gasteiger partial charge < -0.3 is 75.9 Å². The maximum absolute atomic E-state index is 15.0. The number of nitrogens with one attached hydrogen (secondary N) is 7. The third-order valence-electron chi connectivity index (χ3n) is 22.9. The summed E-state index contributed by atoms with van der Waals surface area (Å²) < 4.78 is 307. The zero-order valence-corrected chi connectivity index (χ0v) is 85.2. The normalized spacial score (nSPS) is 23.6. The van der Waals surface area contributed by atoms with Crippen molar-refractivity contribution in [2.45, 2.75) is 107 Å². The Morgan fingerprint density at radius 1 is 0.500 bits per heavy atom. The molecule has 58 heteroatoms. The van der Waals surface area contributed by atoms with Gasteiger partial charge in [0.15, 0.2) is 10.3 Å². The molecule has 0 spiro atoms. The number of amides is 6. The first-order valence-corrected chi connectivity index (χ1v) is 52.0. The Hall–Kier alpha value is -12.0. The van der Waals surface area contributed by atoms with E-state index in [0.717, 1.165) is 102 Å². The molecule has 0 aliphatic carbocycles. The first-order valence-electron chi connectivity index (χ1n) is 42.7. The van der Waals surface area contributed by atoms with E-state index in [1.807, 2.05) is 0 Å². The summed E-state index contributed by atoms with van der Waals surface area (Å²) in [5.74, 6) is -9.85. The number of thioether (sulfide) groups is 1. The molecule has 0 bridgehead atoms. The topological polar surface area (TPSA) is 547 Å². The van der Waals surface area contributed by atoms with Crippen molar-refractivity contribution in [1.82, 2.24) is 63.6 Å². The number of alkyl carbamates (subject to hydrolysis) is 2. The fourth-order valence-corrected chi connectivity index (χ4v) is 24.8. The summed E-state index contributed by atoms with van der Waals surface area (Å²) in [6.45, 7) is 20.5. The van der Waals surface area contributed by atoms with Gasteiger partial charge in [0.05, 0.1) is 25.2 Å². The zero-order chi connectivity index (χ0) is 108. The lowest BCUT2D eigenvalue weighted by Gasteiger charge is -2.39. The smallest absolute Gasteiger partial charge is 0.414 e. The van der Waals surface area contributed by atoms with Crippen LogP contribution in [0.1, 0.15) is 69.4 Å². The molecule has 10 atom stereocenters. The molecule has 13 N–H and O–H groups in total. The van der Waals surface area contributed by atoms with Crippen LogP contribution in [0, 0.1) is 58.2 Å². The van der Waals surface area contributed by atoms with Crippen molar-refractivity contribution in [1.29, 1.82) is 0 Å². The summed E-state index contributed by atoms with van der Waals surface area (Å²) in [5, 5.41) is 3.11. The maximum atomic E-state index is 15.0. The number of ether oxygens (including phenoxy) is 6. The molecule has 5 fully saturated rings. The molecule has 792 valence electrons. The van der Waals surface area contributed by atoms with E-state index >= 15 is 0 Å². The van der Waals surface area contributed by atoms with Crippen molar-refractivity contribution >= 4 is 133 Å². The Balaban J connectivity index is 0.000000221. The number of rotatable bonds is 21. The van der Waals surface area contributed by atoms with Crippen LogP contribution in [0.3, 0.4) is 0 Å². The lowest BCUT2D eigenvalue weighted by molar-refractivity contribution is 0.0546. The van der Waals surface area contributed by atoms with Crippen molar-refractivity contribution in [3.8, 4) is 0 Å². The lowest BCUT2D eigenvalue weighted by Crippen LogP contribution is -2.59. The van der Waals surface area contributed by atoms with Crippen LogP contribution in [-0.2, 0) is 106 Å². The van der Waals surface area contributed by atoms with Crippen molar-refractivity contribution in [2.75, 3.05) is 133 Å². The average Bonchev–Trinajstić information content (AvgIpc) is 1.47. The van der Waals surface area contributed by atoms with Gasteiger partial charge in [0, 0.05) is 118 Å². The van der Waals surface area contributed by atoms with Crippen LogP contribution in [0.25, 0.3) is 0 Å². The standard InChI is InChI=1S/C21H26F2N4O6S.C17H22F2N4O4S2.C17H22F2N4O4S.C16H20F2N4O4S2.C15H19F2N3O4S/c1-6-9-32-19(29)27-11-16-21(12-27,14-8-7-13(22)10-15(14)23)25-17(26(5)34(16,30)31)24-18(28)33-20(2,3)4;1-4-7-27-16(24)23-9-14(29(25,26)21-2)17(10-23,22-15(20)28-3)12-6-5-11(18)8-13(12)19;1-16(2,3)27-15(24)21-14-22-17(11-6-5-10(18)7-12(11)19)9-20-8-13(17)28(25,26)23(14)4;1-3-6-26-15(23)22-8-13(28(24,25)20-2)16(9-22,21-14(19)27)11-5-4-10(17)7-12(11)18;1-3-6-24-14(21)20-8-13(25(22,23)19-2)15(18,9-20)11-5-4-10(16)7-12(11)17/h6-8,10,16H,1,9,11-12H2,2-5H3,(H,24,25,28);4-6,8,14,21H,1,7,9-10H2,2-3H3,(H2,20,22);5-7,13,20H,8-9H2,1-4H3,(H,21,22,24);3-5,7,13,20H,1,6,8-9H2,2H3,(H3,19,21,27);3-5,7,13,19H,1,6,8-9,18H2,2H3. The van der Waals surface area contributed by atoms with Crippen molar-refractivity contribution in [3.05, 3.63) is 228 Å². The summed E-state index contributed by atoms with van der Waals surface area (Å²) in [7, 11) is -14.4. The predicted octanol–water partition coefficient (Wildman–Crippen LogP) is 6.23.